The van der Waals surface area contributed by atoms with E-state index in [1.165, 1.54) is 0 Å². The van der Waals surface area contributed by atoms with Gasteiger partial charge < -0.3 is 19.7 Å². The molecule has 1 aromatic carbocycles. The molecule has 0 spiro atoms. The summed E-state index contributed by atoms with van der Waals surface area (Å²) >= 11 is 0. The van der Waals surface area contributed by atoms with Gasteiger partial charge in [-0.15, -0.1) is 0 Å². The second-order valence-corrected chi connectivity index (χ2v) is 6.27. The molecule has 1 aromatic heterocycles. The van der Waals surface area contributed by atoms with Gasteiger partial charge in [0.1, 0.15) is 13.2 Å². The predicted molar refractivity (Wildman–Crippen MR) is 92.6 cm³/mol. The number of ether oxygens (including phenoxy) is 2. The predicted octanol–water partition coefficient (Wildman–Crippen LogP) is 2.90. The number of urea groups is 1. The van der Waals surface area contributed by atoms with Crippen LogP contribution in [0.3, 0.4) is 0 Å². The average molecular weight is 339 g/mol. The van der Waals surface area contributed by atoms with Crippen molar-refractivity contribution >= 4 is 6.03 Å². The molecule has 1 fully saturated rings. The molecule has 0 aliphatic carbocycles. The molecule has 130 valence electrons. The van der Waals surface area contributed by atoms with Crippen molar-refractivity contribution in [3.63, 3.8) is 0 Å². The molecule has 0 bridgehead atoms. The fraction of sp³-hybridized carbons (Fsp3) is 0.368. The Bertz CT molecular complexity index is 751. The summed E-state index contributed by atoms with van der Waals surface area (Å²) in [5.74, 6) is 1.55. The van der Waals surface area contributed by atoms with Crippen molar-refractivity contribution in [3.05, 3.63) is 53.9 Å². The lowest BCUT2D eigenvalue weighted by Crippen LogP contribution is -2.39. The van der Waals surface area contributed by atoms with Gasteiger partial charge in [-0.2, -0.15) is 0 Å². The molecule has 1 N–H and O–H groups in total. The van der Waals surface area contributed by atoms with Gasteiger partial charge in [-0.1, -0.05) is 12.1 Å². The summed E-state index contributed by atoms with van der Waals surface area (Å²) in [7, 11) is 0. The van der Waals surface area contributed by atoms with E-state index in [9.17, 15) is 4.79 Å². The maximum Gasteiger partial charge on any atom is 0.318 e. The number of pyridine rings is 1. The maximum absolute atomic E-state index is 12.6. The van der Waals surface area contributed by atoms with Crippen molar-refractivity contribution in [2.75, 3.05) is 19.8 Å². The number of carbonyl (C=O) groups excluding carboxylic acids is 1. The molecule has 2 amide bonds. The van der Waals surface area contributed by atoms with Crippen LogP contribution in [0.5, 0.6) is 11.5 Å². The number of rotatable bonds is 3. The first-order chi connectivity index (χ1) is 12.3. The van der Waals surface area contributed by atoms with Crippen molar-refractivity contribution in [2.24, 2.45) is 0 Å². The molecule has 3 heterocycles. The van der Waals surface area contributed by atoms with Gasteiger partial charge in [-0.05, 0) is 42.2 Å². The van der Waals surface area contributed by atoms with E-state index < -0.39 is 0 Å². The Morgan fingerprint density at radius 1 is 1.24 bits per heavy atom. The first-order valence-corrected chi connectivity index (χ1v) is 8.64. The zero-order valence-corrected chi connectivity index (χ0v) is 14.0. The molecule has 2 aliphatic rings. The molecule has 0 saturated carbocycles. The van der Waals surface area contributed by atoms with Gasteiger partial charge in [-0.25, -0.2) is 4.79 Å². The minimum Gasteiger partial charge on any atom is -0.486 e. The molecule has 6 heteroatoms. The van der Waals surface area contributed by atoms with Crippen molar-refractivity contribution in [2.45, 2.75) is 25.4 Å². The Morgan fingerprint density at radius 3 is 2.96 bits per heavy atom. The van der Waals surface area contributed by atoms with E-state index in [2.05, 4.69) is 10.3 Å². The summed E-state index contributed by atoms with van der Waals surface area (Å²) in [5.41, 5.74) is 2.09. The Labute approximate surface area is 146 Å². The second kappa shape index (κ2) is 7.01. The number of amides is 2. The molecule has 1 atom stereocenters. The van der Waals surface area contributed by atoms with Gasteiger partial charge in [0.05, 0.1) is 6.04 Å². The number of nitrogens with zero attached hydrogens (tertiary/aromatic N) is 2. The van der Waals surface area contributed by atoms with E-state index in [1.54, 1.807) is 12.4 Å². The number of hydrogen-bond donors (Lipinski definition) is 1. The number of benzene rings is 1. The van der Waals surface area contributed by atoms with Crippen LogP contribution in [0.4, 0.5) is 4.79 Å². The van der Waals surface area contributed by atoms with Gasteiger partial charge in [0, 0.05) is 25.5 Å². The summed E-state index contributed by atoms with van der Waals surface area (Å²) in [5, 5.41) is 2.99. The van der Waals surface area contributed by atoms with Crippen molar-refractivity contribution < 1.29 is 14.3 Å². The molecular formula is C19H21N3O3. The van der Waals surface area contributed by atoms with E-state index in [0.29, 0.717) is 19.8 Å². The third-order valence-corrected chi connectivity index (χ3v) is 4.63. The molecule has 2 aromatic rings. The highest BCUT2D eigenvalue weighted by Gasteiger charge is 2.30. The van der Waals surface area contributed by atoms with Crippen LogP contribution in [-0.2, 0) is 6.54 Å². The van der Waals surface area contributed by atoms with Crippen LogP contribution in [0.1, 0.15) is 30.0 Å². The molecule has 1 saturated heterocycles. The van der Waals surface area contributed by atoms with Crippen molar-refractivity contribution in [3.8, 4) is 11.5 Å². The van der Waals surface area contributed by atoms with Gasteiger partial charge in [0.2, 0.25) is 0 Å². The van der Waals surface area contributed by atoms with Crippen LogP contribution in [0, 0.1) is 0 Å². The molecular weight excluding hydrogens is 318 g/mol. The fourth-order valence-electron chi connectivity index (χ4n) is 3.41. The highest BCUT2D eigenvalue weighted by Crippen LogP contribution is 2.38. The van der Waals surface area contributed by atoms with Crippen molar-refractivity contribution in [1.29, 1.82) is 0 Å². The number of nitrogens with one attached hydrogen (secondary N) is 1. The van der Waals surface area contributed by atoms with Crippen LogP contribution in [0.15, 0.2) is 42.7 Å². The third kappa shape index (κ3) is 3.38. The van der Waals surface area contributed by atoms with E-state index in [-0.39, 0.29) is 12.1 Å². The standard InChI is InChI=1S/C19H21N3O3/c23-19(21-13-14-3-1-7-20-12-14)22-8-2-4-16(22)15-5-6-17-18(11-15)25-10-9-24-17/h1,3,5-7,11-12,16H,2,4,8-10,13H2,(H,21,23). The molecule has 6 nitrogen and oxygen atoms in total. The molecule has 0 radical (unpaired) electrons. The van der Waals surface area contributed by atoms with Crippen LogP contribution in [0.2, 0.25) is 0 Å². The highest BCUT2D eigenvalue weighted by atomic mass is 16.6. The highest BCUT2D eigenvalue weighted by molar-refractivity contribution is 5.75. The van der Waals surface area contributed by atoms with Gasteiger partial charge >= 0.3 is 6.03 Å². The summed E-state index contributed by atoms with van der Waals surface area (Å²) in [6.45, 7) is 2.39. The molecule has 2 aliphatic heterocycles. The topological polar surface area (TPSA) is 63.7 Å². The fourth-order valence-corrected chi connectivity index (χ4v) is 3.41. The number of carbonyl (C=O) groups is 1. The second-order valence-electron chi connectivity index (χ2n) is 6.27. The summed E-state index contributed by atoms with van der Waals surface area (Å²) < 4.78 is 11.3. The monoisotopic (exact) mass is 339 g/mol. The Hall–Kier alpha value is -2.76. The lowest BCUT2D eigenvalue weighted by Gasteiger charge is -2.27. The number of fused-ring (bicyclic) bond motifs is 1. The van der Waals surface area contributed by atoms with Crippen LogP contribution >= 0.6 is 0 Å². The average Bonchev–Trinajstić information content (AvgIpc) is 3.16. The smallest absolute Gasteiger partial charge is 0.318 e. The number of hydrogen-bond acceptors (Lipinski definition) is 4. The zero-order chi connectivity index (χ0) is 17.1. The van der Waals surface area contributed by atoms with Crippen LogP contribution in [0.25, 0.3) is 0 Å². The minimum absolute atomic E-state index is 0.0405. The van der Waals surface area contributed by atoms with Gasteiger partial charge in [-0.3, -0.25) is 4.98 Å². The summed E-state index contributed by atoms with van der Waals surface area (Å²) in [6.07, 6.45) is 5.45. The van der Waals surface area contributed by atoms with Gasteiger partial charge in [0.25, 0.3) is 0 Å². The first kappa shape index (κ1) is 15.7. The molecule has 1 unspecified atom stereocenters. The van der Waals surface area contributed by atoms with E-state index in [4.69, 9.17) is 9.47 Å². The normalized spacial score (nSPS) is 18.9. The Balaban J connectivity index is 1.45. The third-order valence-electron chi connectivity index (χ3n) is 4.63. The largest absolute Gasteiger partial charge is 0.486 e. The van der Waals surface area contributed by atoms with E-state index in [0.717, 1.165) is 42.0 Å². The summed E-state index contributed by atoms with van der Waals surface area (Å²) in [4.78, 5) is 18.6. The number of aromatic nitrogens is 1. The summed E-state index contributed by atoms with van der Waals surface area (Å²) in [6, 6.07) is 9.83. The lowest BCUT2D eigenvalue weighted by molar-refractivity contribution is 0.170. The Morgan fingerprint density at radius 2 is 2.12 bits per heavy atom. The lowest BCUT2D eigenvalue weighted by atomic mass is 10.0. The maximum atomic E-state index is 12.6. The van der Waals surface area contributed by atoms with Crippen molar-refractivity contribution in [1.82, 2.24) is 15.2 Å². The van der Waals surface area contributed by atoms with Gasteiger partial charge in [0.15, 0.2) is 11.5 Å². The van der Waals surface area contributed by atoms with Crippen LogP contribution < -0.4 is 14.8 Å². The quantitative estimate of drug-likeness (QED) is 0.934. The molecule has 4 rings (SSSR count). The molecule has 25 heavy (non-hydrogen) atoms. The first-order valence-electron chi connectivity index (χ1n) is 8.64. The van der Waals surface area contributed by atoms with E-state index in [1.807, 2.05) is 35.2 Å². The zero-order valence-electron chi connectivity index (χ0n) is 14.0. The Kier molecular flexibility index (Phi) is 4.41. The van der Waals surface area contributed by atoms with E-state index >= 15 is 0 Å². The SMILES string of the molecule is O=C(NCc1cccnc1)N1CCCC1c1ccc2c(c1)OCCO2. The number of likely N-dealkylation sites (tertiary alicyclic amines) is 1. The minimum atomic E-state index is -0.0405. The van der Waals surface area contributed by atoms with Crippen LogP contribution in [-0.4, -0.2) is 35.7 Å².